The molecule has 1 aliphatic carbocycles. The highest BCUT2D eigenvalue weighted by atomic mass is 16.3. The molecule has 2 N–H and O–H groups in total. The number of aliphatic hydroxyl groups is 1. The monoisotopic (exact) mass is 221 g/mol. The fourth-order valence-electron chi connectivity index (χ4n) is 2.49. The van der Waals surface area contributed by atoms with E-state index in [0.29, 0.717) is 0 Å². The van der Waals surface area contributed by atoms with Crippen molar-refractivity contribution >= 4 is 11.8 Å². The van der Waals surface area contributed by atoms with Crippen LogP contribution in [0.1, 0.15) is 20.3 Å². The second-order valence-electron chi connectivity index (χ2n) is 5.07. The maximum Gasteiger partial charge on any atom is 0.237 e. The molecule has 0 bridgehead atoms. The third kappa shape index (κ3) is 1.59. The highest BCUT2D eigenvalue weighted by Crippen LogP contribution is 2.44. The predicted molar refractivity (Wildman–Crippen MR) is 58.3 cm³/mol. The SMILES string of the molecule is CC(C)(O)CC12C=CC=CC1C(=O)NC2=O. The van der Waals surface area contributed by atoms with E-state index in [1.165, 1.54) is 0 Å². The van der Waals surface area contributed by atoms with Gasteiger partial charge in [-0.3, -0.25) is 14.9 Å². The van der Waals surface area contributed by atoms with Crippen LogP contribution in [0.4, 0.5) is 0 Å². The minimum atomic E-state index is -0.990. The predicted octanol–water partition coefficient (Wildman–Crippen LogP) is 0.532. The van der Waals surface area contributed by atoms with Gasteiger partial charge in [0.25, 0.3) is 0 Å². The molecule has 1 saturated heterocycles. The Balaban J connectivity index is 2.42. The molecule has 1 aliphatic heterocycles. The lowest BCUT2D eigenvalue weighted by atomic mass is 9.68. The third-order valence-electron chi connectivity index (χ3n) is 3.03. The van der Waals surface area contributed by atoms with Crippen LogP contribution in [0.25, 0.3) is 0 Å². The smallest absolute Gasteiger partial charge is 0.237 e. The molecular formula is C12H15NO3. The van der Waals surface area contributed by atoms with E-state index in [0.717, 1.165) is 0 Å². The van der Waals surface area contributed by atoms with Gasteiger partial charge in [0.2, 0.25) is 11.8 Å². The van der Waals surface area contributed by atoms with E-state index in [4.69, 9.17) is 0 Å². The highest BCUT2D eigenvalue weighted by Gasteiger charge is 2.54. The Kier molecular flexibility index (Phi) is 2.27. The van der Waals surface area contributed by atoms with Crippen molar-refractivity contribution in [2.75, 3.05) is 0 Å². The zero-order valence-corrected chi connectivity index (χ0v) is 9.36. The lowest BCUT2D eigenvalue weighted by Gasteiger charge is -2.33. The van der Waals surface area contributed by atoms with E-state index in [-0.39, 0.29) is 18.2 Å². The number of carbonyl (C=O) groups excluding carboxylic acids is 2. The van der Waals surface area contributed by atoms with E-state index in [1.807, 2.05) is 0 Å². The summed E-state index contributed by atoms with van der Waals surface area (Å²) in [4.78, 5) is 23.5. The molecule has 2 aliphatic rings. The first-order chi connectivity index (χ1) is 7.35. The molecule has 0 radical (unpaired) electrons. The Bertz CT molecular complexity index is 403. The molecule has 1 heterocycles. The first-order valence-electron chi connectivity index (χ1n) is 5.29. The van der Waals surface area contributed by atoms with Crippen molar-refractivity contribution in [1.29, 1.82) is 0 Å². The molecule has 0 aromatic rings. The zero-order valence-electron chi connectivity index (χ0n) is 9.36. The Labute approximate surface area is 94.0 Å². The number of imide groups is 1. The van der Waals surface area contributed by atoms with Crippen molar-refractivity contribution in [1.82, 2.24) is 5.32 Å². The van der Waals surface area contributed by atoms with Crippen molar-refractivity contribution in [2.24, 2.45) is 11.3 Å². The normalized spacial score (nSPS) is 32.8. The van der Waals surface area contributed by atoms with E-state index in [9.17, 15) is 14.7 Å². The average molecular weight is 221 g/mol. The number of carbonyl (C=O) groups is 2. The van der Waals surface area contributed by atoms with Crippen molar-refractivity contribution in [3.05, 3.63) is 24.3 Å². The molecule has 0 aromatic heterocycles. The molecule has 2 rings (SSSR count). The molecule has 0 aromatic carbocycles. The van der Waals surface area contributed by atoms with Gasteiger partial charge in [-0.2, -0.15) is 0 Å². The van der Waals surface area contributed by atoms with Gasteiger partial charge in [0.1, 0.15) is 0 Å². The van der Waals surface area contributed by atoms with Gasteiger partial charge in [-0.1, -0.05) is 24.3 Å². The van der Waals surface area contributed by atoms with Crippen molar-refractivity contribution in [3.63, 3.8) is 0 Å². The largest absolute Gasteiger partial charge is 0.390 e. The van der Waals surface area contributed by atoms with Gasteiger partial charge in [0.05, 0.1) is 16.9 Å². The number of rotatable bonds is 2. The number of hydrogen-bond donors (Lipinski definition) is 2. The van der Waals surface area contributed by atoms with Crippen LogP contribution in [0.15, 0.2) is 24.3 Å². The van der Waals surface area contributed by atoms with Gasteiger partial charge in [0.15, 0.2) is 0 Å². The summed E-state index contributed by atoms with van der Waals surface area (Å²) in [6.07, 6.45) is 7.18. The molecule has 1 fully saturated rings. The van der Waals surface area contributed by atoms with Crippen molar-refractivity contribution in [3.8, 4) is 0 Å². The first kappa shape index (κ1) is 11.1. The molecule has 2 unspecified atom stereocenters. The summed E-state index contributed by atoms with van der Waals surface area (Å²) in [6, 6.07) is 0. The van der Waals surface area contributed by atoms with Gasteiger partial charge in [-0.15, -0.1) is 0 Å². The summed E-state index contributed by atoms with van der Waals surface area (Å²) >= 11 is 0. The number of amides is 2. The van der Waals surface area contributed by atoms with E-state index in [2.05, 4.69) is 5.32 Å². The maximum atomic E-state index is 11.9. The fourth-order valence-corrected chi connectivity index (χ4v) is 2.49. The Morgan fingerprint density at radius 3 is 2.75 bits per heavy atom. The van der Waals surface area contributed by atoms with E-state index in [1.54, 1.807) is 38.2 Å². The first-order valence-corrected chi connectivity index (χ1v) is 5.29. The molecule has 0 spiro atoms. The lowest BCUT2D eigenvalue weighted by Crippen LogP contribution is -2.40. The van der Waals surface area contributed by atoms with Crippen LogP contribution in [0.3, 0.4) is 0 Å². The summed E-state index contributed by atoms with van der Waals surface area (Å²) < 4.78 is 0. The quantitative estimate of drug-likeness (QED) is 0.668. The van der Waals surface area contributed by atoms with Crippen molar-refractivity contribution in [2.45, 2.75) is 25.9 Å². The summed E-state index contributed by atoms with van der Waals surface area (Å²) in [5.41, 5.74) is -1.90. The molecule has 86 valence electrons. The number of fused-ring (bicyclic) bond motifs is 1. The lowest BCUT2D eigenvalue weighted by molar-refractivity contribution is -0.129. The summed E-state index contributed by atoms with van der Waals surface area (Å²) in [5.74, 6) is -1.09. The second-order valence-corrected chi connectivity index (χ2v) is 5.07. The zero-order chi connectivity index (χ0) is 12.0. The minimum Gasteiger partial charge on any atom is -0.390 e. The van der Waals surface area contributed by atoms with Gasteiger partial charge in [0, 0.05) is 0 Å². The molecule has 4 heteroatoms. The summed E-state index contributed by atoms with van der Waals surface area (Å²) in [6.45, 7) is 3.28. The molecule has 0 saturated carbocycles. The fraction of sp³-hybridized carbons (Fsp3) is 0.500. The van der Waals surface area contributed by atoms with E-state index < -0.39 is 16.9 Å². The minimum absolute atomic E-state index is 0.239. The molecule has 2 amide bonds. The van der Waals surface area contributed by atoms with Crippen molar-refractivity contribution < 1.29 is 14.7 Å². The van der Waals surface area contributed by atoms with Crippen LogP contribution in [0, 0.1) is 11.3 Å². The Morgan fingerprint density at radius 2 is 2.12 bits per heavy atom. The van der Waals surface area contributed by atoms with Crippen LogP contribution in [-0.2, 0) is 9.59 Å². The Morgan fingerprint density at radius 1 is 1.44 bits per heavy atom. The number of allylic oxidation sites excluding steroid dienone is 2. The summed E-state index contributed by atoms with van der Waals surface area (Å²) in [5, 5.41) is 12.2. The van der Waals surface area contributed by atoms with Gasteiger partial charge in [-0.25, -0.2) is 0 Å². The Hall–Kier alpha value is -1.42. The number of nitrogens with one attached hydrogen (secondary N) is 1. The standard InChI is InChI=1S/C12H15NO3/c1-11(2,16)7-12-6-4-3-5-8(12)9(14)13-10(12)15/h3-6,8,16H,7H2,1-2H3,(H,13,14,15). The maximum absolute atomic E-state index is 11.9. The van der Waals surface area contributed by atoms with Crippen LogP contribution in [0.2, 0.25) is 0 Å². The van der Waals surface area contributed by atoms with Crippen LogP contribution < -0.4 is 5.32 Å². The van der Waals surface area contributed by atoms with Gasteiger partial charge in [-0.05, 0) is 20.3 Å². The molecule has 16 heavy (non-hydrogen) atoms. The summed E-state index contributed by atoms with van der Waals surface area (Å²) in [7, 11) is 0. The topological polar surface area (TPSA) is 66.4 Å². The molecule has 2 atom stereocenters. The van der Waals surface area contributed by atoms with Gasteiger partial charge >= 0.3 is 0 Å². The van der Waals surface area contributed by atoms with Crippen LogP contribution in [0.5, 0.6) is 0 Å². The highest BCUT2D eigenvalue weighted by molar-refractivity contribution is 6.09. The average Bonchev–Trinajstić information content (AvgIpc) is 2.37. The molecule has 4 nitrogen and oxygen atoms in total. The third-order valence-corrected chi connectivity index (χ3v) is 3.03. The number of hydrogen-bond acceptors (Lipinski definition) is 3. The van der Waals surface area contributed by atoms with Crippen LogP contribution >= 0.6 is 0 Å². The van der Waals surface area contributed by atoms with Crippen LogP contribution in [-0.4, -0.2) is 22.5 Å². The molecular weight excluding hydrogens is 206 g/mol. The van der Waals surface area contributed by atoms with Gasteiger partial charge < -0.3 is 5.11 Å². The second kappa shape index (κ2) is 3.28. The van der Waals surface area contributed by atoms with E-state index >= 15 is 0 Å².